The fraction of sp³-hybridized carbons (Fsp3) is 0. The lowest BCUT2D eigenvalue weighted by Gasteiger charge is -2.11. The van der Waals surface area contributed by atoms with Crippen molar-refractivity contribution in [3.63, 3.8) is 0 Å². The van der Waals surface area contributed by atoms with Gasteiger partial charge in [-0.15, -0.1) is 0 Å². The maximum atomic E-state index is 3.56. The molecule has 0 aliphatic heterocycles. The number of anilines is 4. The second-order valence-corrected chi connectivity index (χ2v) is 8.49. The van der Waals surface area contributed by atoms with Crippen LogP contribution in [0.15, 0.2) is 133 Å². The Morgan fingerprint density at radius 3 is 1.65 bits per heavy atom. The minimum Gasteiger partial charge on any atom is -0.356 e. The minimum atomic E-state index is 1.08. The molecule has 0 saturated carbocycles. The van der Waals surface area contributed by atoms with Crippen LogP contribution in [0.25, 0.3) is 32.7 Å². The molecule has 34 heavy (non-hydrogen) atoms. The molecule has 0 heterocycles. The Morgan fingerprint density at radius 1 is 0.353 bits per heavy atom. The smallest absolute Gasteiger partial charge is 0.0463 e. The van der Waals surface area contributed by atoms with E-state index >= 15 is 0 Å². The van der Waals surface area contributed by atoms with Gasteiger partial charge >= 0.3 is 0 Å². The van der Waals surface area contributed by atoms with Crippen LogP contribution in [0.3, 0.4) is 0 Å². The number of nitrogens with one attached hydrogen (secondary N) is 2. The lowest BCUT2D eigenvalue weighted by molar-refractivity contribution is 1.54. The van der Waals surface area contributed by atoms with Crippen molar-refractivity contribution in [1.29, 1.82) is 0 Å². The summed E-state index contributed by atoms with van der Waals surface area (Å²) in [5, 5.41) is 12.0. The molecule has 6 aromatic rings. The molecule has 6 aromatic carbocycles. The van der Waals surface area contributed by atoms with Gasteiger partial charge in [0, 0.05) is 28.1 Å². The third kappa shape index (κ3) is 4.10. The lowest BCUT2D eigenvalue weighted by atomic mass is 10.0. The van der Waals surface area contributed by atoms with Crippen molar-refractivity contribution in [3.05, 3.63) is 133 Å². The van der Waals surface area contributed by atoms with Gasteiger partial charge < -0.3 is 10.6 Å². The van der Waals surface area contributed by atoms with Crippen LogP contribution in [0.1, 0.15) is 0 Å². The maximum Gasteiger partial charge on any atom is 0.0463 e. The van der Waals surface area contributed by atoms with Crippen LogP contribution >= 0.6 is 0 Å². The highest BCUT2D eigenvalue weighted by Crippen LogP contribution is 2.29. The fourth-order valence-corrected chi connectivity index (χ4v) is 4.42. The summed E-state index contributed by atoms with van der Waals surface area (Å²) in [7, 11) is 0. The Bertz CT molecular complexity index is 1580. The van der Waals surface area contributed by atoms with Crippen molar-refractivity contribution in [1.82, 2.24) is 0 Å². The van der Waals surface area contributed by atoms with Gasteiger partial charge in [-0.3, -0.25) is 0 Å². The summed E-state index contributed by atoms with van der Waals surface area (Å²) < 4.78 is 0. The second kappa shape index (κ2) is 8.76. The first-order valence-electron chi connectivity index (χ1n) is 11.5. The average Bonchev–Trinajstić information content (AvgIpc) is 2.90. The maximum absolute atomic E-state index is 3.56. The molecular formula is C32H24N2. The van der Waals surface area contributed by atoms with Crippen molar-refractivity contribution >= 4 is 44.3 Å². The van der Waals surface area contributed by atoms with Crippen molar-refractivity contribution in [2.75, 3.05) is 10.6 Å². The summed E-state index contributed by atoms with van der Waals surface area (Å²) in [6.45, 7) is 0. The Balaban J connectivity index is 1.18. The zero-order chi connectivity index (χ0) is 22.7. The van der Waals surface area contributed by atoms with Crippen LogP contribution < -0.4 is 10.6 Å². The van der Waals surface area contributed by atoms with Crippen LogP contribution in [0, 0.1) is 0 Å². The number of hydrogen-bond acceptors (Lipinski definition) is 2. The van der Waals surface area contributed by atoms with E-state index in [-0.39, 0.29) is 0 Å². The van der Waals surface area contributed by atoms with Crippen LogP contribution in [-0.4, -0.2) is 0 Å². The van der Waals surface area contributed by atoms with E-state index in [1.54, 1.807) is 0 Å². The van der Waals surface area contributed by atoms with E-state index in [0.717, 1.165) is 22.7 Å². The van der Waals surface area contributed by atoms with E-state index in [1.165, 1.54) is 32.7 Å². The molecule has 6 rings (SSSR count). The van der Waals surface area contributed by atoms with E-state index in [0.29, 0.717) is 0 Å². The lowest BCUT2D eigenvalue weighted by Crippen LogP contribution is -1.92. The molecule has 0 spiro atoms. The summed E-state index contributed by atoms with van der Waals surface area (Å²) in [5.74, 6) is 0. The topological polar surface area (TPSA) is 24.1 Å². The zero-order valence-electron chi connectivity index (χ0n) is 18.7. The molecule has 0 atom stereocenters. The quantitative estimate of drug-likeness (QED) is 0.281. The van der Waals surface area contributed by atoms with E-state index in [2.05, 4.69) is 144 Å². The second-order valence-electron chi connectivity index (χ2n) is 8.49. The van der Waals surface area contributed by atoms with E-state index in [4.69, 9.17) is 0 Å². The average molecular weight is 437 g/mol. The Labute approximate surface area is 199 Å². The van der Waals surface area contributed by atoms with Gasteiger partial charge in [0.1, 0.15) is 0 Å². The first kappa shape index (κ1) is 20.1. The number of benzene rings is 6. The first-order valence-corrected chi connectivity index (χ1v) is 11.5. The van der Waals surface area contributed by atoms with Crippen molar-refractivity contribution < 1.29 is 0 Å². The highest BCUT2D eigenvalue weighted by molar-refractivity contribution is 5.95. The van der Waals surface area contributed by atoms with Crippen molar-refractivity contribution in [2.24, 2.45) is 0 Å². The summed E-state index contributed by atoms with van der Waals surface area (Å²) in [6, 6.07) is 46.9. The Morgan fingerprint density at radius 2 is 0.912 bits per heavy atom. The predicted octanol–water partition coefficient (Wildman–Crippen LogP) is 9.15. The summed E-state index contributed by atoms with van der Waals surface area (Å²) >= 11 is 0. The first-order chi connectivity index (χ1) is 16.8. The van der Waals surface area contributed by atoms with E-state index in [1.807, 2.05) is 0 Å². The SMILES string of the molecule is c1ccc2cc(Nc3ccc(-c4ccc(Nc5cccc6ccccc56)cc4)cc3)ccc2c1. The van der Waals surface area contributed by atoms with Crippen molar-refractivity contribution in [3.8, 4) is 11.1 Å². The largest absolute Gasteiger partial charge is 0.356 e. The highest BCUT2D eigenvalue weighted by atomic mass is 14.9. The monoisotopic (exact) mass is 436 g/mol. The van der Waals surface area contributed by atoms with Crippen LogP contribution in [0.5, 0.6) is 0 Å². The highest BCUT2D eigenvalue weighted by Gasteiger charge is 2.03. The van der Waals surface area contributed by atoms with Crippen molar-refractivity contribution in [2.45, 2.75) is 0 Å². The third-order valence-corrected chi connectivity index (χ3v) is 6.21. The van der Waals surface area contributed by atoms with E-state index in [9.17, 15) is 0 Å². The Kier molecular flexibility index (Phi) is 5.17. The van der Waals surface area contributed by atoms with Crippen LogP contribution in [-0.2, 0) is 0 Å². The summed E-state index contributed by atoms with van der Waals surface area (Å²) in [6.07, 6.45) is 0. The van der Waals surface area contributed by atoms with Crippen LogP contribution in [0.4, 0.5) is 22.7 Å². The molecule has 0 radical (unpaired) electrons. The molecule has 0 fully saturated rings. The van der Waals surface area contributed by atoms with Gasteiger partial charge in [0.25, 0.3) is 0 Å². The molecule has 2 nitrogen and oxygen atoms in total. The minimum absolute atomic E-state index is 1.08. The third-order valence-electron chi connectivity index (χ3n) is 6.21. The van der Waals surface area contributed by atoms with Gasteiger partial charge in [-0.2, -0.15) is 0 Å². The molecule has 0 amide bonds. The molecule has 162 valence electrons. The van der Waals surface area contributed by atoms with Gasteiger partial charge in [0.05, 0.1) is 0 Å². The number of fused-ring (bicyclic) bond motifs is 2. The van der Waals surface area contributed by atoms with E-state index < -0.39 is 0 Å². The fourth-order valence-electron chi connectivity index (χ4n) is 4.42. The van der Waals surface area contributed by atoms with Gasteiger partial charge in [-0.05, 0) is 69.8 Å². The summed E-state index contributed by atoms with van der Waals surface area (Å²) in [4.78, 5) is 0. The predicted molar refractivity (Wildman–Crippen MR) is 146 cm³/mol. The van der Waals surface area contributed by atoms with Crippen LogP contribution in [0.2, 0.25) is 0 Å². The molecule has 0 aliphatic carbocycles. The molecule has 0 unspecified atom stereocenters. The molecule has 2 N–H and O–H groups in total. The number of rotatable bonds is 5. The Hall–Kier alpha value is -4.56. The van der Waals surface area contributed by atoms with Gasteiger partial charge in [-0.1, -0.05) is 91.0 Å². The molecule has 0 bridgehead atoms. The van der Waals surface area contributed by atoms with Gasteiger partial charge in [0.2, 0.25) is 0 Å². The van der Waals surface area contributed by atoms with Gasteiger partial charge in [0.15, 0.2) is 0 Å². The number of hydrogen-bond donors (Lipinski definition) is 2. The molecule has 2 heteroatoms. The molecule has 0 aromatic heterocycles. The normalized spacial score (nSPS) is 10.9. The molecule has 0 aliphatic rings. The summed E-state index contributed by atoms with van der Waals surface area (Å²) in [5.41, 5.74) is 6.76. The molecule has 0 saturated heterocycles. The van der Waals surface area contributed by atoms with Gasteiger partial charge in [-0.25, -0.2) is 0 Å². The molecular weight excluding hydrogens is 412 g/mol. The standard InChI is InChI=1S/C32H24N2/c1-2-8-27-22-30(21-16-23(27)6-1)33-28-17-12-24(13-18-28)25-14-19-29(20-15-25)34-32-11-5-9-26-7-3-4-10-31(26)32/h1-22,33-34H. The zero-order valence-corrected chi connectivity index (χ0v) is 18.7.